The highest BCUT2D eigenvalue weighted by Gasteiger charge is 2.22. The van der Waals surface area contributed by atoms with Crippen molar-refractivity contribution >= 4 is 8.32 Å². The van der Waals surface area contributed by atoms with Crippen molar-refractivity contribution in [2.45, 2.75) is 38.9 Å². The van der Waals surface area contributed by atoms with Gasteiger partial charge in [-0.05, 0) is 62.7 Å². The van der Waals surface area contributed by atoms with Gasteiger partial charge >= 0.3 is 0 Å². The second kappa shape index (κ2) is 7.10. The molecule has 0 amide bonds. The molecular formula is C19H29NO2Si. The monoisotopic (exact) mass is 331 g/mol. The van der Waals surface area contributed by atoms with Gasteiger partial charge in [0.25, 0.3) is 0 Å². The van der Waals surface area contributed by atoms with E-state index in [1.807, 2.05) is 0 Å². The van der Waals surface area contributed by atoms with Gasteiger partial charge < -0.3 is 9.16 Å². The molecule has 3 rings (SSSR count). The highest BCUT2D eigenvalue weighted by atomic mass is 28.4. The standard InChI is InChI=1S/C19H29NO2Si/c1-23(2,3)22-18-9-12-20(13-10-18)11-8-16-14-17-6-4-5-7-19(17)21-15-16/h4-7,9,16H,8,10-15H2,1-3H3. The third-order valence-electron chi connectivity index (χ3n) is 4.50. The zero-order chi connectivity index (χ0) is 16.3. The number of fused-ring (bicyclic) bond motifs is 1. The van der Waals surface area contributed by atoms with Gasteiger partial charge in [0.1, 0.15) is 5.75 Å². The van der Waals surface area contributed by atoms with Gasteiger partial charge in [0.2, 0.25) is 8.32 Å². The molecule has 0 spiro atoms. The third kappa shape index (κ3) is 4.85. The van der Waals surface area contributed by atoms with E-state index >= 15 is 0 Å². The highest BCUT2D eigenvalue weighted by Crippen LogP contribution is 2.28. The molecule has 2 heterocycles. The Labute approximate surface area is 141 Å². The van der Waals surface area contributed by atoms with Gasteiger partial charge in [-0.3, -0.25) is 4.90 Å². The number of hydrogen-bond donors (Lipinski definition) is 0. The Bertz CT molecular complexity index is 565. The minimum absolute atomic E-state index is 0.647. The van der Waals surface area contributed by atoms with E-state index in [9.17, 15) is 0 Å². The first-order valence-electron chi connectivity index (χ1n) is 8.81. The minimum atomic E-state index is -1.45. The number of benzene rings is 1. The average Bonchev–Trinajstić information content (AvgIpc) is 2.52. The van der Waals surface area contributed by atoms with E-state index in [2.05, 4.69) is 54.9 Å². The molecule has 0 fully saturated rings. The van der Waals surface area contributed by atoms with E-state index in [4.69, 9.17) is 9.16 Å². The van der Waals surface area contributed by atoms with Crippen LogP contribution in [0.2, 0.25) is 19.6 Å². The molecule has 0 radical (unpaired) electrons. The summed E-state index contributed by atoms with van der Waals surface area (Å²) in [6, 6.07) is 8.45. The molecule has 1 aromatic rings. The molecule has 1 atom stereocenters. The molecule has 0 bridgehead atoms. The van der Waals surface area contributed by atoms with E-state index in [-0.39, 0.29) is 0 Å². The summed E-state index contributed by atoms with van der Waals surface area (Å²) in [7, 11) is -1.45. The van der Waals surface area contributed by atoms with Crippen LogP contribution >= 0.6 is 0 Å². The molecule has 0 aromatic heterocycles. The van der Waals surface area contributed by atoms with E-state index in [1.165, 1.54) is 17.7 Å². The zero-order valence-electron chi connectivity index (χ0n) is 14.7. The van der Waals surface area contributed by atoms with E-state index in [0.29, 0.717) is 5.92 Å². The quantitative estimate of drug-likeness (QED) is 0.759. The number of para-hydroxylation sites is 1. The summed E-state index contributed by atoms with van der Waals surface area (Å²) in [5, 5.41) is 0. The van der Waals surface area contributed by atoms with Crippen molar-refractivity contribution in [2.24, 2.45) is 5.92 Å². The first kappa shape index (κ1) is 16.6. The predicted octanol–water partition coefficient (Wildman–Crippen LogP) is 4.07. The van der Waals surface area contributed by atoms with Gasteiger partial charge in [-0.25, -0.2) is 0 Å². The molecule has 2 aliphatic heterocycles. The van der Waals surface area contributed by atoms with Crippen molar-refractivity contribution < 1.29 is 9.16 Å². The fourth-order valence-electron chi connectivity index (χ4n) is 3.32. The van der Waals surface area contributed by atoms with E-state index < -0.39 is 8.32 Å². The molecule has 0 N–H and O–H groups in total. The largest absolute Gasteiger partial charge is 0.547 e. The first-order valence-corrected chi connectivity index (χ1v) is 12.2. The van der Waals surface area contributed by atoms with Crippen molar-refractivity contribution in [3.8, 4) is 5.75 Å². The summed E-state index contributed by atoms with van der Waals surface area (Å²) in [6.45, 7) is 10.9. The van der Waals surface area contributed by atoms with Crippen molar-refractivity contribution in [3.05, 3.63) is 41.7 Å². The van der Waals surface area contributed by atoms with Crippen LogP contribution in [0.5, 0.6) is 5.75 Å². The summed E-state index contributed by atoms with van der Waals surface area (Å²) in [4.78, 5) is 2.54. The lowest BCUT2D eigenvalue weighted by molar-refractivity contribution is 0.185. The molecular weight excluding hydrogens is 302 g/mol. The van der Waals surface area contributed by atoms with Crippen molar-refractivity contribution in [3.63, 3.8) is 0 Å². The van der Waals surface area contributed by atoms with Gasteiger partial charge in [0.15, 0.2) is 0 Å². The molecule has 1 unspecified atom stereocenters. The zero-order valence-corrected chi connectivity index (χ0v) is 15.7. The Balaban J connectivity index is 1.44. The van der Waals surface area contributed by atoms with Gasteiger partial charge in [-0.1, -0.05) is 18.2 Å². The Morgan fingerprint density at radius 1 is 1.26 bits per heavy atom. The number of nitrogens with zero attached hydrogens (tertiary/aromatic N) is 1. The van der Waals surface area contributed by atoms with Crippen LogP contribution in [0.15, 0.2) is 36.1 Å². The van der Waals surface area contributed by atoms with Crippen LogP contribution in [0.3, 0.4) is 0 Å². The Kier molecular flexibility index (Phi) is 5.12. The van der Waals surface area contributed by atoms with Crippen LogP contribution in [0, 0.1) is 5.92 Å². The van der Waals surface area contributed by atoms with Crippen LogP contribution in [-0.4, -0.2) is 39.5 Å². The molecule has 3 nitrogen and oxygen atoms in total. The summed E-state index contributed by atoms with van der Waals surface area (Å²) < 4.78 is 12.0. The van der Waals surface area contributed by atoms with E-state index in [1.54, 1.807) is 0 Å². The number of rotatable bonds is 5. The lowest BCUT2D eigenvalue weighted by Gasteiger charge is -2.31. The van der Waals surface area contributed by atoms with Crippen molar-refractivity contribution in [1.82, 2.24) is 4.90 Å². The average molecular weight is 332 g/mol. The molecule has 126 valence electrons. The topological polar surface area (TPSA) is 21.7 Å². The van der Waals surface area contributed by atoms with Crippen LogP contribution in [0.4, 0.5) is 0 Å². The van der Waals surface area contributed by atoms with Crippen LogP contribution in [0.25, 0.3) is 0 Å². The summed E-state index contributed by atoms with van der Waals surface area (Å²) >= 11 is 0. The van der Waals surface area contributed by atoms with E-state index in [0.717, 1.165) is 44.8 Å². The maximum Gasteiger partial charge on any atom is 0.241 e. The fraction of sp³-hybridized carbons (Fsp3) is 0.579. The second-order valence-corrected chi connectivity index (χ2v) is 12.1. The van der Waals surface area contributed by atoms with Crippen LogP contribution in [0.1, 0.15) is 18.4 Å². The first-order chi connectivity index (χ1) is 11.0. The number of hydrogen-bond acceptors (Lipinski definition) is 3. The summed E-state index contributed by atoms with van der Waals surface area (Å²) in [5.74, 6) is 2.95. The minimum Gasteiger partial charge on any atom is -0.547 e. The summed E-state index contributed by atoms with van der Waals surface area (Å²) in [6.07, 6.45) is 5.72. The van der Waals surface area contributed by atoms with Crippen molar-refractivity contribution in [2.75, 3.05) is 26.2 Å². The third-order valence-corrected chi connectivity index (χ3v) is 5.37. The normalized spacial score (nSPS) is 22.0. The van der Waals surface area contributed by atoms with Gasteiger partial charge in [0, 0.05) is 19.5 Å². The predicted molar refractivity (Wildman–Crippen MR) is 97.3 cm³/mol. The molecule has 23 heavy (non-hydrogen) atoms. The lowest BCUT2D eigenvalue weighted by atomic mass is 9.94. The molecule has 0 saturated carbocycles. The van der Waals surface area contributed by atoms with Gasteiger partial charge in [0.05, 0.1) is 12.4 Å². The number of ether oxygens (including phenoxy) is 1. The fourth-order valence-corrected chi connectivity index (χ4v) is 4.29. The SMILES string of the molecule is C[Si](C)(C)OC1=CCN(CCC2COc3ccccc3C2)CC1. The van der Waals surface area contributed by atoms with Crippen LogP contribution < -0.4 is 4.74 Å². The maximum absolute atomic E-state index is 6.11. The van der Waals surface area contributed by atoms with Gasteiger partial charge in [-0.2, -0.15) is 0 Å². The van der Waals surface area contributed by atoms with Gasteiger partial charge in [-0.15, -0.1) is 0 Å². The molecule has 2 aliphatic rings. The second-order valence-electron chi connectivity index (χ2n) is 7.71. The maximum atomic E-state index is 6.11. The van der Waals surface area contributed by atoms with Crippen LogP contribution in [-0.2, 0) is 10.8 Å². The lowest BCUT2D eigenvalue weighted by Crippen LogP contribution is -2.34. The highest BCUT2D eigenvalue weighted by molar-refractivity contribution is 6.70. The molecule has 0 aliphatic carbocycles. The molecule has 0 saturated heterocycles. The Morgan fingerprint density at radius 2 is 2.09 bits per heavy atom. The Morgan fingerprint density at radius 3 is 2.83 bits per heavy atom. The van der Waals surface area contributed by atoms with Crippen molar-refractivity contribution in [1.29, 1.82) is 0 Å². The Hall–Kier alpha value is -1.26. The summed E-state index contributed by atoms with van der Waals surface area (Å²) in [5.41, 5.74) is 1.37. The smallest absolute Gasteiger partial charge is 0.241 e. The molecule has 1 aromatic carbocycles. The molecule has 4 heteroatoms.